The Morgan fingerprint density at radius 3 is 2.08 bits per heavy atom. The van der Waals surface area contributed by atoms with Crippen molar-refractivity contribution in [2.45, 2.75) is 20.8 Å². The van der Waals surface area contributed by atoms with Crippen LogP contribution in [0.5, 0.6) is 0 Å². The second kappa shape index (κ2) is 15.7. The maximum atomic E-state index is 4.10. The Kier molecular flexibility index (Phi) is 10.3. The molecule has 7 aromatic rings. The van der Waals surface area contributed by atoms with Crippen molar-refractivity contribution in [2.24, 2.45) is 0 Å². The fourth-order valence-corrected chi connectivity index (χ4v) is 7.30. The minimum absolute atomic E-state index is 1.07. The molecular weight excluding hydrogens is 641 g/mol. The monoisotopic (exact) mass is 684 g/mol. The Hall–Kier alpha value is -6.64. The van der Waals surface area contributed by atoms with E-state index in [0.717, 1.165) is 38.6 Å². The van der Waals surface area contributed by atoms with Gasteiger partial charge in [0.1, 0.15) is 0 Å². The van der Waals surface area contributed by atoms with Crippen LogP contribution in [0.1, 0.15) is 25.0 Å². The highest BCUT2D eigenvalue weighted by molar-refractivity contribution is 6.10. The van der Waals surface area contributed by atoms with Crippen LogP contribution in [0.2, 0.25) is 0 Å². The van der Waals surface area contributed by atoms with Gasteiger partial charge in [0.2, 0.25) is 0 Å². The van der Waals surface area contributed by atoms with E-state index in [0.29, 0.717) is 0 Å². The number of para-hydroxylation sites is 2. The molecule has 0 atom stereocenters. The Morgan fingerprint density at radius 2 is 1.34 bits per heavy atom. The van der Waals surface area contributed by atoms with Crippen molar-refractivity contribution >= 4 is 56.1 Å². The van der Waals surface area contributed by atoms with Crippen LogP contribution in [-0.2, 0) is 0 Å². The quantitative estimate of drug-likeness (QED) is 0.127. The maximum Gasteiger partial charge on any atom is 0.0541 e. The van der Waals surface area contributed by atoms with Gasteiger partial charge in [-0.1, -0.05) is 152 Å². The number of rotatable bonds is 10. The summed E-state index contributed by atoms with van der Waals surface area (Å²) in [5, 5.41) is 5.93. The largest absolute Gasteiger partial charge is 0.310 e. The van der Waals surface area contributed by atoms with Crippen LogP contribution in [0.25, 0.3) is 72.9 Å². The molecule has 0 aliphatic carbocycles. The third-order valence-corrected chi connectivity index (χ3v) is 9.64. The Morgan fingerprint density at radius 1 is 0.604 bits per heavy atom. The number of hydrogen-bond donors (Lipinski definition) is 0. The van der Waals surface area contributed by atoms with Gasteiger partial charge < -0.3 is 9.13 Å². The molecule has 0 unspecified atom stereocenters. The van der Waals surface area contributed by atoms with E-state index in [-0.39, 0.29) is 0 Å². The summed E-state index contributed by atoms with van der Waals surface area (Å²) in [7, 11) is 0. The third kappa shape index (κ3) is 6.88. The minimum Gasteiger partial charge on any atom is -0.310 e. The second-order valence-corrected chi connectivity index (χ2v) is 13.0. The van der Waals surface area contributed by atoms with Gasteiger partial charge >= 0.3 is 0 Å². The van der Waals surface area contributed by atoms with E-state index in [9.17, 15) is 0 Å². The summed E-state index contributed by atoms with van der Waals surface area (Å²) in [5.41, 5.74) is 11.6. The molecule has 0 saturated carbocycles. The van der Waals surface area contributed by atoms with Gasteiger partial charge in [-0.3, -0.25) is 0 Å². The lowest BCUT2D eigenvalue weighted by molar-refractivity contribution is 1.11. The topological polar surface area (TPSA) is 9.86 Å². The second-order valence-electron chi connectivity index (χ2n) is 13.0. The van der Waals surface area contributed by atoms with Crippen molar-refractivity contribution in [2.75, 3.05) is 0 Å². The molecule has 2 heteroatoms. The first-order chi connectivity index (χ1) is 26.1. The zero-order chi connectivity index (χ0) is 36.7. The number of aromatic nitrogens is 2. The molecule has 0 amide bonds. The fourth-order valence-electron chi connectivity index (χ4n) is 7.30. The van der Waals surface area contributed by atoms with Crippen LogP contribution in [0.15, 0.2) is 189 Å². The molecule has 2 nitrogen and oxygen atoms in total. The highest BCUT2D eigenvalue weighted by Gasteiger charge is 2.15. The van der Waals surface area contributed by atoms with Crippen molar-refractivity contribution in [3.05, 3.63) is 211 Å². The molecule has 0 bridgehead atoms. The first kappa shape index (κ1) is 34.8. The standard InChI is InChI=1S/C51H44N2/c1-6-10-11-13-22-38(39-23-18-21-37(5)34-39)28-31-42(19-7-2)52-48(9-4)44(20-8-3)46-35-40(29-32-50(46)52)41-30-33-51-47(36-41)45-26-16-17-27-49(45)53(51)43-24-14-12-15-25-43/h6-36H,1,3H2,2,4-5H3/b11-10+,19-7-,22-13-,38-28+,42-31+,44-20-,48-9+. The van der Waals surface area contributed by atoms with Crippen LogP contribution in [0, 0.1) is 6.92 Å². The van der Waals surface area contributed by atoms with Gasteiger partial charge in [-0.05, 0) is 97.7 Å². The number of benzene rings is 5. The van der Waals surface area contributed by atoms with Gasteiger partial charge in [-0.15, -0.1) is 0 Å². The minimum atomic E-state index is 1.07. The number of aryl methyl sites for hydroxylation is 1. The van der Waals surface area contributed by atoms with E-state index in [1.165, 1.54) is 43.9 Å². The van der Waals surface area contributed by atoms with Gasteiger partial charge in [0.15, 0.2) is 0 Å². The molecule has 0 N–H and O–H groups in total. The average molecular weight is 685 g/mol. The van der Waals surface area contributed by atoms with Gasteiger partial charge in [0, 0.05) is 38.1 Å². The van der Waals surface area contributed by atoms with Crippen LogP contribution in [0.3, 0.4) is 0 Å². The Bertz CT molecular complexity index is 2770. The van der Waals surface area contributed by atoms with Crippen molar-refractivity contribution in [3.8, 4) is 16.8 Å². The number of hydrogen-bond acceptors (Lipinski definition) is 0. The van der Waals surface area contributed by atoms with Crippen LogP contribution in [0.4, 0.5) is 0 Å². The Balaban J connectivity index is 1.41. The van der Waals surface area contributed by atoms with Gasteiger partial charge in [-0.2, -0.15) is 0 Å². The van der Waals surface area contributed by atoms with Crippen LogP contribution < -0.4 is 10.6 Å². The van der Waals surface area contributed by atoms with Crippen molar-refractivity contribution in [1.82, 2.24) is 9.13 Å². The van der Waals surface area contributed by atoms with E-state index in [1.54, 1.807) is 6.08 Å². The molecule has 2 heterocycles. The van der Waals surface area contributed by atoms with Gasteiger partial charge in [0.05, 0.1) is 16.6 Å². The molecule has 2 aromatic heterocycles. The summed E-state index contributed by atoms with van der Waals surface area (Å²) in [6.07, 6.45) is 24.9. The number of fused-ring (bicyclic) bond motifs is 4. The molecule has 0 aliphatic rings. The Labute approximate surface area is 312 Å². The lowest BCUT2D eigenvalue weighted by Crippen LogP contribution is -2.28. The maximum absolute atomic E-state index is 4.10. The summed E-state index contributed by atoms with van der Waals surface area (Å²) in [4.78, 5) is 0. The smallest absolute Gasteiger partial charge is 0.0541 e. The van der Waals surface area contributed by atoms with E-state index in [1.807, 2.05) is 18.2 Å². The van der Waals surface area contributed by atoms with Crippen molar-refractivity contribution < 1.29 is 0 Å². The van der Waals surface area contributed by atoms with E-state index >= 15 is 0 Å². The van der Waals surface area contributed by atoms with Crippen molar-refractivity contribution in [3.63, 3.8) is 0 Å². The highest BCUT2D eigenvalue weighted by atomic mass is 15.0. The predicted octanol–water partition coefficient (Wildman–Crippen LogP) is 12.3. The molecule has 5 aromatic carbocycles. The lowest BCUT2D eigenvalue weighted by Gasteiger charge is -2.10. The first-order valence-corrected chi connectivity index (χ1v) is 18.2. The van der Waals surface area contributed by atoms with E-state index in [4.69, 9.17) is 0 Å². The number of allylic oxidation sites excluding steroid dienone is 12. The molecule has 0 fully saturated rings. The molecular formula is C51H44N2. The summed E-state index contributed by atoms with van der Waals surface area (Å²) < 4.78 is 4.72. The molecule has 258 valence electrons. The summed E-state index contributed by atoms with van der Waals surface area (Å²) in [5.74, 6) is 0. The summed E-state index contributed by atoms with van der Waals surface area (Å²) in [6.45, 7) is 14.2. The molecule has 0 radical (unpaired) electrons. The SMILES string of the molecule is C=C/C=c1\c(=C/C)n(C(/C=C\C)=C/C=C(\C=C/C=C/C=C)c2cccc(C)c2)c2ccc(-c3ccc4c(c3)c3ccccc3n4-c3ccccc3)cc12. The molecule has 0 saturated heterocycles. The average Bonchev–Trinajstić information content (AvgIpc) is 3.69. The van der Waals surface area contributed by atoms with Crippen LogP contribution in [-0.4, -0.2) is 9.13 Å². The van der Waals surface area contributed by atoms with E-state index in [2.05, 4.69) is 207 Å². The van der Waals surface area contributed by atoms with E-state index < -0.39 is 0 Å². The molecule has 7 rings (SSSR count). The third-order valence-electron chi connectivity index (χ3n) is 9.64. The van der Waals surface area contributed by atoms with Crippen LogP contribution >= 0.6 is 0 Å². The zero-order valence-corrected chi connectivity index (χ0v) is 30.7. The fraction of sp³-hybridized carbons (Fsp3) is 0.0588. The number of nitrogens with zero attached hydrogens (tertiary/aromatic N) is 2. The molecule has 53 heavy (non-hydrogen) atoms. The van der Waals surface area contributed by atoms with Gasteiger partial charge in [0.25, 0.3) is 0 Å². The lowest BCUT2D eigenvalue weighted by atomic mass is 10.0. The zero-order valence-electron chi connectivity index (χ0n) is 30.7. The normalized spacial score (nSPS) is 13.6. The van der Waals surface area contributed by atoms with Gasteiger partial charge in [-0.25, -0.2) is 0 Å². The summed E-state index contributed by atoms with van der Waals surface area (Å²) in [6, 6.07) is 41.6. The highest BCUT2D eigenvalue weighted by Crippen LogP contribution is 2.35. The molecule has 0 spiro atoms. The van der Waals surface area contributed by atoms with Crippen molar-refractivity contribution in [1.29, 1.82) is 0 Å². The first-order valence-electron chi connectivity index (χ1n) is 18.2. The molecule has 0 aliphatic heterocycles. The summed E-state index contributed by atoms with van der Waals surface area (Å²) >= 11 is 0. The predicted molar refractivity (Wildman–Crippen MR) is 232 cm³/mol.